The van der Waals surface area contributed by atoms with Crippen molar-refractivity contribution < 1.29 is 14.3 Å². The summed E-state index contributed by atoms with van der Waals surface area (Å²) < 4.78 is 10.9. The lowest BCUT2D eigenvalue weighted by Crippen LogP contribution is -2.38. The Morgan fingerprint density at radius 2 is 1.67 bits per heavy atom. The van der Waals surface area contributed by atoms with Crippen molar-refractivity contribution in [3.63, 3.8) is 0 Å². The molecule has 2 rings (SSSR count). The molecule has 27 heavy (non-hydrogen) atoms. The summed E-state index contributed by atoms with van der Waals surface area (Å²) in [5.74, 6) is 1.65. The second-order valence-electron chi connectivity index (χ2n) is 7.41. The van der Waals surface area contributed by atoms with Gasteiger partial charge in [0, 0.05) is 6.54 Å². The molecule has 2 amide bonds. The maximum Gasteiger partial charge on any atom is 0.314 e. The van der Waals surface area contributed by atoms with E-state index in [9.17, 15) is 4.79 Å². The van der Waals surface area contributed by atoms with E-state index >= 15 is 0 Å². The van der Waals surface area contributed by atoms with Gasteiger partial charge in [0.2, 0.25) is 0 Å². The van der Waals surface area contributed by atoms with Gasteiger partial charge in [-0.25, -0.2) is 4.79 Å². The fraction of sp³-hybridized carbons (Fsp3) is 0.409. The van der Waals surface area contributed by atoms with Crippen LogP contribution in [0.4, 0.5) is 4.79 Å². The fourth-order valence-electron chi connectivity index (χ4n) is 2.56. The predicted molar refractivity (Wildman–Crippen MR) is 109 cm³/mol. The van der Waals surface area contributed by atoms with Crippen molar-refractivity contribution in [1.82, 2.24) is 10.6 Å². The minimum absolute atomic E-state index is 0.0847. The summed E-state index contributed by atoms with van der Waals surface area (Å²) in [6, 6.07) is 15.7. The Labute approximate surface area is 162 Å². The van der Waals surface area contributed by atoms with Crippen molar-refractivity contribution in [2.45, 2.75) is 32.6 Å². The molecule has 0 radical (unpaired) electrons. The predicted octanol–water partition coefficient (Wildman–Crippen LogP) is 3.91. The van der Waals surface area contributed by atoms with Crippen LogP contribution in [-0.2, 0) is 11.8 Å². The first-order valence-corrected chi connectivity index (χ1v) is 9.26. The normalized spacial score (nSPS) is 11.0. The van der Waals surface area contributed by atoms with Gasteiger partial charge in [-0.05, 0) is 47.2 Å². The van der Waals surface area contributed by atoms with E-state index in [0.717, 1.165) is 23.5 Å². The first-order chi connectivity index (χ1) is 12.9. The first-order valence-electron chi connectivity index (χ1n) is 9.26. The van der Waals surface area contributed by atoms with Crippen molar-refractivity contribution in [1.29, 1.82) is 0 Å². The molecule has 0 aliphatic carbocycles. The van der Waals surface area contributed by atoms with Gasteiger partial charge in [-0.1, -0.05) is 45.0 Å². The number of ether oxygens (including phenoxy) is 2. The highest BCUT2D eigenvalue weighted by Gasteiger charge is 2.13. The van der Waals surface area contributed by atoms with Gasteiger partial charge in [0.1, 0.15) is 18.1 Å². The maximum absolute atomic E-state index is 11.8. The topological polar surface area (TPSA) is 59.6 Å². The summed E-state index contributed by atoms with van der Waals surface area (Å²) in [5, 5.41) is 5.66. The van der Waals surface area contributed by atoms with Gasteiger partial charge in [-0.2, -0.15) is 0 Å². The van der Waals surface area contributed by atoms with Crippen LogP contribution in [0.3, 0.4) is 0 Å². The Morgan fingerprint density at radius 1 is 0.963 bits per heavy atom. The molecule has 2 N–H and O–H groups in total. The number of carbonyl (C=O) groups excluding carboxylic acids is 1. The molecule has 0 heterocycles. The molecule has 0 saturated heterocycles. The zero-order valence-corrected chi connectivity index (χ0v) is 16.7. The molecular formula is C22H30N2O3. The zero-order chi connectivity index (χ0) is 19.7. The maximum atomic E-state index is 11.8. The molecule has 0 unspecified atom stereocenters. The van der Waals surface area contributed by atoms with Crippen LogP contribution in [0, 0.1) is 0 Å². The number of nitrogens with one attached hydrogen (secondary N) is 2. The van der Waals surface area contributed by atoms with Crippen LogP contribution in [-0.4, -0.2) is 32.8 Å². The first kappa shape index (κ1) is 20.6. The molecular weight excluding hydrogens is 340 g/mol. The SMILES string of the molecule is COc1ccc(CCNC(=O)NCCOc2cccc(C(C)(C)C)c2)cc1. The summed E-state index contributed by atoms with van der Waals surface area (Å²) in [5.41, 5.74) is 2.46. The van der Waals surface area contributed by atoms with Gasteiger partial charge < -0.3 is 20.1 Å². The molecule has 0 atom stereocenters. The second-order valence-corrected chi connectivity index (χ2v) is 7.41. The van der Waals surface area contributed by atoms with E-state index in [1.807, 2.05) is 36.4 Å². The van der Waals surface area contributed by atoms with E-state index < -0.39 is 0 Å². The Morgan fingerprint density at radius 3 is 2.33 bits per heavy atom. The molecule has 0 spiro atoms. The molecule has 0 saturated carbocycles. The van der Waals surface area contributed by atoms with Gasteiger partial charge in [0.25, 0.3) is 0 Å². The van der Waals surface area contributed by atoms with E-state index in [-0.39, 0.29) is 11.4 Å². The van der Waals surface area contributed by atoms with Crippen molar-refractivity contribution in [3.8, 4) is 11.5 Å². The number of rotatable bonds is 8. The Bertz CT molecular complexity index is 721. The smallest absolute Gasteiger partial charge is 0.314 e. The van der Waals surface area contributed by atoms with Crippen LogP contribution < -0.4 is 20.1 Å². The molecule has 0 bridgehead atoms. The van der Waals surface area contributed by atoms with E-state index in [1.165, 1.54) is 5.56 Å². The monoisotopic (exact) mass is 370 g/mol. The quantitative estimate of drug-likeness (QED) is 0.693. The third-order valence-electron chi connectivity index (χ3n) is 4.21. The van der Waals surface area contributed by atoms with Crippen LogP contribution in [0.25, 0.3) is 0 Å². The minimum Gasteiger partial charge on any atom is -0.497 e. The van der Waals surface area contributed by atoms with E-state index in [4.69, 9.17) is 9.47 Å². The molecule has 0 fully saturated rings. The average Bonchev–Trinajstić information content (AvgIpc) is 2.65. The van der Waals surface area contributed by atoms with Gasteiger partial charge in [0.05, 0.1) is 13.7 Å². The highest BCUT2D eigenvalue weighted by atomic mass is 16.5. The summed E-state index contributed by atoms with van der Waals surface area (Å²) in [6.45, 7) is 7.97. The number of methoxy groups -OCH3 is 1. The Balaban J connectivity index is 1.63. The summed E-state index contributed by atoms with van der Waals surface area (Å²) >= 11 is 0. The lowest BCUT2D eigenvalue weighted by Gasteiger charge is -2.19. The molecule has 0 aliphatic heterocycles. The lowest BCUT2D eigenvalue weighted by atomic mass is 9.87. The van der Waals surface area contributed by atoms with Crippen LogP contribution in [0.15, 0.2) is 48.5 Å². The molecule has 0 aromatic heterocycles. The largest absolute Gasteiger partial charge is 0.497 e. The number of benzene rings is 2. The average molecular weight is 370 g/mol. The standard InChI is InChI=1S/C22H30N2O3/c1-22(2,3)18-6-5-7-20(16-18)27-15-14-24-21(25)23-13-12-17-8-10-19(26-4)11-9-17/h5-11,16H,12-15H2,1-4H3,(H2,23,24,25). The lowest BCUT2D eigenvalue weighted by molar-refractivity contribution is 0.236. The molecule has 146 valence electrons. The van der Waals surface area contributed by atoms with Crippen LogP contribution >= 0.6 is 0 Å². The van der Waals surface area contributed by atoms with E-state index in [0.29, 0.717) is 19.7 Å². The number of urea groups is 1. The molecule has 2 aromatic rings. The van der Waals surface area contributed by atoms with Gasteiger partial charge >= 0.3 is 6.03 Å². The molecule has 0 aliphatic rings. The molecule has 2 aromatic carbocycles. The number of carbonyl (C=O) groups is 1. The summed E-state index contributed by atoms with van der Waals surface area (Å²) in [4.78, 5) is 11.8. The van der Waals surface area contributed by atoms with Gasteiger partial charge in [0.15, 0.2) is 0 Å². The second kappa shape index (κ2) is 9.86. The Hall–Kier alpha value is -2.69. The van der Waals surface area contributed by atoms with Crippen LogP contribution in [0.5, 0.6) is 11.5 Å². The summed E-state index contributed by atoms with van der Waals surface area (Å²) in [6.07, 6.45) is 0.771. The van der Waals surface area contributed by atoms with Crippen LogP contribution in [0.2, 0.25) is 0 Å². The van der Waals surface area contributed by atoms with E-state index in [1.54, 1.807) is 7.11 Å². The van der Waals surface area contributed by atoms with Crippen molar-refractivity contribution >= 4 is 6.03 Å². The number of hydrogen-bond donors (Lipinski definition) is 2. The number of amides is 2. The third kappa shape index (κ3) is 7.21. The fourth-order valence-corrected chi connectivity index (χ4v) is 2.56. The van der Waals surface area contributed by atoms with Crippen molar-refractivity contribution in [2.24, 2.45) is 0 Å². The minimum atomic E-state index is -0.185. The molecule has 5 nitrogen and oxygen atoms in total. The van der Waals surface area contributed by atoms with Gasteiger partial charge in [-0.3, -0.25) is 0 Å². The highest BCUT2D eigenvalue weighted by Crippen LogP contribution is 2.25. The zero-order valence-electron chi connectivity index (χ0n) is 16.7. The highest BCUT2D eigenvalue weighted by molar-refractivity contribution is 5.73. The summed E-state index contributed by atoms with van der Waals surface area (Å²) in [7, 11) is 1.64. The van der Waals surface area contributed by atoms with Gasteiger partial charge in [-0.15, -0.1) is 0 Å². The number of hydrogen-bond acceptors (Lipinski definition) is 3. The van der Waals surface area contributed by atoms with Crippen molar-refractivity contribution in [3.05, 3.63) is 59.7 Å². The van der Waals surface area contributed by atoms with Crippen LogP contribution in [0.1, 0.15) is 31.9 Å². The third-order valence-corrected chi connectivity index (χ3v) is 4.21. The van der Waals surface area contributed by atoms with Crippen molar-refractivity contribution in [2.75, 3.05) is 26.8 Å². The molecule has 5 heteroatoms. The Kier molecular flexibility index (Phi) is 7.53. The van der Waals surface area contributed by atoms with E-state index in [2.05, 4.69) is 43.5 Å².